The van der Waals surface area contributed by atoms with Crippen LogP contribution >= 0.6 is 0 Å². The quantitative estimate of drug-likeness (QED) is 0.846. The maximum absolute atomic E-state index is 5.78. The summed E-state index contributed by atoms with van der Waals surface area (Å²) in [5.74, 6) is 0. The molecular weight excluding hydrogens is 222 g/mol. The van der Waals surface area contributed by atoms with E-state index in [1.54, 1.807) is 0 Å². The normalized spacial score (nSPS) is 11.1. The van der Waals surface area contributed by atoms with Crippen molar-refractivity contribution in [1.82, 2.24) is 4.90 Å². The lowest BCUT2D eigenvalue weighted by atomic mass is 10.0. The van der Waals surface area contributed by atoms with E-state index < -0.39 is 0 Å². The zero-order valence-electron chi connectivity index (χ0n) is 11.1. The van der Waals surface area contributed by atoms with E-state index in [2.05, 4.69) is 60.7 Å². The molecule has 0 unspecified atom stereocenters. The Kier molecular flexibility index (Phi) is 4.18. The second-order valence-corrected chi connectivity index (χ2v) is 4.75. The predicted molar refractivity (Wildman–Crippen MR) is 78.9 cm³/mol. The van der Waals surface area contributed by atoms with Gasteiger partial charge in [0.05, 0.1) is 0 Å². The van der Waals surface area contributed by atoms with Gasteiger partial charge in [-0.05, 0) is 31.1 Å². The van der Waals surface area contributed by atoms with Crippen molar-refractivity contribution >= 4 is 16.5 Å². The molecule has 0 bridgehead atoms. The first-order valence-corrected chi connectivity index (χ1v) is 6.31. The lowest BCUT2D eigenvalue weighted by molar-refractivity contribution is 0.425. The van der Waals surface area contributed by atoms with Gasteiger partial charge in [-0.2, -0.15) is 0 Å². The molecule has 3 nitrogen and oxygen atoms in total. The average molecular weight is 243 g/mol. The van der Waals surface area contributed by atoms with Crippen LogP contribution in [0.2, 0.25) is 0 Å². The zero-order chi connectivity index (χ0) is 13.0. The molecule has 0 saturated carbocycles. The molecule has 3 heteroatoms. The highest BCUT2D eigenvalue weighted by Gasteiger charge is 2.04. The van der Waals surface area contributed by atoms with Crippen molar-refractivity contribution in [3.8, 4) is 0 Å². The van der Waals surface area contributed by atoms with Crippen LogP contribution in [-0.2, 0) is 6.54 Å². The average Bonchev–Trinajstić information content (AvgIpc) is 2.38. The first-order chi connectivity index (χ1) is 8.72. The molecule has 0 saturated heterocycles. The second-order valence-electron chi connectivity index (χ2n) is 4.75. The maximum Gasteiger partial charge on any atom is 0.0420 e. The molecule has 0 spiro atoms. The van der Waals surface area contributed by atoms with Crippen LogP contribution in [0.25, 0.3) is 10.8 Å². The van der Waals surface area contributed by atoms with E-state index in [9.17, 15) is 0 Å². The number of nitrogens with zero attached hydrogens (tertiary/aromatic N) is 1. The number of likely N-dealkylation sites (N-methyl/N-ethyl adjacent to an activating group) is 1. The molecule has 0 radical (unpaired) electrons. The number of benzene rings is 2. The molecule has 0 aliphatic rings. The largest absolute Gasteiger partial charge is 0.383 e. The van der Waals surface area contributed by atoms with Gasteiger partial charge in [-0.1, -0.05) is 30.3 Å². The molecular formula is C15H21N3. The van der Waals surface area contributed by atoms with Gasteiger partial charge in [-0.25, -0.2) is 0 Å². The van der Waals surface area contributed by atoms with Gasteiger partial charge < -0.3 is 16.0 Å². The SMILES string of the molecule is CN(C)CCNc1ccc(CN)c2ccccc12. The standard InChI is InChI=1S/C15H21N3/c1-18(2)10-9-17-15-8-7-12(11-16)13-5-3-4-6-14(13)15/h3-8,17H,9-11,16H2,1-2H3. The van der Waals surface area contributed by atoms with E-state index in [0.29, 0.717) is 6.54 Å². The Morgan fingerprint density at radius 1 is 1.06 bits per heavy atom. The van der Waals surface area contributed by atoms with E-state index in [0.717, 1.165) is 13.1 Å². The fourth-order valence-electron chi connectivity index (χ4n) is 2.11. The van der Waals surface area contributed by atoms with Gasteiger partial charge in [0, 0.05) is 30.7 Å². The molecule has 96 valence electrons. The van der Waals surface area contributed by atoms with Crippen molar-refractivity contribution in [1.29, 1.82) is 0 Å². The van der Waals surface area contributed by atoms with Crippen LogP contribution in [0.15, 0.2) is 36.4 Å². The van der Waals surface area contributed by atoms with Crippen molar-refractivity contribution in [2.24, 2.45) is 5.73 Å². The Labute approximate surface area is 109 Å². The van der Waals surface area contributed by atoms with Crippen LogP contribution in [0.1, 0.15) is 5.56 Å². The Morgan fingerprint density at radius 2 is 1.78 bits per heavy atom. The fraction of sp³-hybridized carbons (Fsp3) is 0.333. The molecule has 0 aliphatic heterocycles. The van der Waals surface area contributed by atoms with Gasteiger partial charge in [0.25, 0.3) is 0 Å². The highest BCUT2D eigenvalue weighted by Crippen LogP contribution is 2.26. The zero-order valence-corrected chi connectivity index (χ0v) is 11.1. The van der Waals surface area contributed by atoms with Crippen molar-refractivity contribution in [2.45, 2.75) is 6.54 Å². The minimum absolute atomic E-state index is 0.582. The van der Waals surface area contributed by atoms with Crippen LogP contribution in [0.4, 0.5) is 5.69 Å². The summed E-state index contributed by atoms with van der Waals surface area (Å²) in [4.78, 5) is 2.17. The first kappa shape index (κ1) is 12.9. The van der Waals surface area contributed by atoms with E-state index in [1.165, 1.54) is 22.0 Å². The number of nitrogens with two attached hydrogens (primary N) is 1. The summed E-state index contributed by atoms with van der Waals surface area (Å²) in [6.45, 7) is 2.55. The number of hydrogen-bond donors (Lipinski definition) is 2. The minimum atomic E-state index is 0.582. The summed E-state index contributed by atoms with van der Waals surface area (Å²) in [7, 11) is 4.16. The van der Waals surface area contributed by atoms with Crippen molar-refractivity contribution < 1.29 is 0 Å². The van der Waals surface area contributed by atoms with Crippen molar-refractivity contribution in [3.05, 3.63) is 42.0 Å². The summed E-state index contributed by atoms with van der Waals surface area (Å²) < 4.78 is 0. The predicted octanol–water partition coefficient (Wildman–Crippen LogP) is 2.27. The lowest BCUT2D eigenvalue weighted by Crippen LogP contribution is -2.20. The van der Waals surface area contributed by atoms with Gasteiger partial charge in [-0.3, -0.25) is 0 Å². The molecule has 0 atom stereocenters. The summed E-state index contributed by atoms with van der Waals surface area (Å²) in [5.41, 5.74) is 8.16. The highest BCUT2D eigenvalue weighted by molar-refractivity contribution is 5.96. The highest BCUT2D eigenvalue weighted by atomic mass is 15.1. The van der Waals surface area contributed by atoms with Crippen LogP contribution < -0.4 is 11.1 Å². The third-order valence-electron chi connectivity index (χ3n) is 3.11. The third-order valence-corrected chi connectivity index (χ3v) is 3.11. The van der Waals surface area contributed by atoms with Crippen LogP contribution in [0.3, 0.4) is 0 Å². The van der Waals surface area contributed by atoms with Crippen LogP contribution in [-0.4, -0.2) is 32.1 Å². The fourth-order valence-corrected chi connectivity index (χ4v) is 2.11. The van der Waals surface area contributed by atoms with Crippen molar-refractivity contribution in [3.63, 3.8) is 0 Å². The van der Waals surface area contributed by atoms with Gasteiger partial charge in [0.1, 0.15) is 0 Å². The topological polar surface area (TPSA) is 41.3 Å². The van der Waals surface area contributed by atoms with E-state index in [1.807, 2.05) is 0 Å². The number of fused-ring (bicyclic) bond motifs is 1. The molecule has 2 rings (SSSR count). The molecule has 0 amide bonds. The second kappa shape index (κ2) is 5.85. The van der Waals surface area contributed by atoms with E-state index in [-0.39, 0.29) is 0 Å². The molecule has 2 aromatic rings. The Hall–Kier alpha value is -1.58. The monoisotopic (exact) mass is 243 g/mol. The molecule has 0 aliphatic carbocycles. The molecule has 0 fully saturated rings. The van der Waals surface area contributed by atoms with Crippen LogP contribution in [0, 0.1) is 0 Å². The Balaban J connectivity index is 2.28. The molecule has 2 aromatic carbocycles. The smallest absolute Gasteiger partial charge is 0.0420 e. The number of nitrogens with one attached hydrogen (secondary N) is 1. The summed E-state index contributed by atoms with van der Waals surface area (Å²) in [6, 6.07) is 12.6. The van der Waals surface area contributed by atoms with Gasteiger partial charge in [0.15, 0.2) is 0 Å². The molecule has 18 heavy (non-hydrogen) atoms. The molecule has 3 N–H and O–H groups in total. The van der Waals surface area contributed by atoms with Crippen molar-refractivity contribution in [2.75, 3.05) is 32.5 Å². The van der Waals surface area contributed by atoms with Gasteiger partial charge in [0.2, 0.25) is 0 Å². The minimum Gasteiger partial charge on any atom is -0.383 e. The summed E-state index contributed by atoms with van der Waals surface area (Å²) in [5, 5.41) is 5.98. The summed E-state index contributed by atoms with van der Waals surface area (Å²) in [6.07, 6.45) is 0. The number of hydrogen-bond acceptors (Lipinski definition) is 3. The van der Waals surface area contributed by atoms with E-state index >= 15 is 0 Å². The Bertz CT molecular complexity index is 520. The van der Waals surface area contributed by atoms with Gasteiger partial charge in [-0.15, -0.1) is 0 Å². The molecule has 0 heterocycles. The lowest BCUT2D eigenvalue weighted by Gasteiger charge is -2.14. The van der Waals surface area contributed by atoms with Gasteiger partial charge >= 0.3 is 0 Å². The summed E-state index contributed by atoms with van der Waals surface area (Å²) >= 11 is 0. The number of anilines is 1. The maximum atomic E-state index is 5.78. The number of rotatable bonds is 5. The Morgan fingerprint density at radius 3 is 2.44 bits per heavy atom. The first-order valence-electron chi connectivity index (χ1n) is 6.31. The van der Waals surface area contributed by atoms with Crippen LogP contribution in [0.5, 0.6) is 0 Å². The van der Waals surface area contributed by atoms with E-state index in [4.69, 9.17) is 5.73 Å². The third kappa shape index (κ3) is 2.81. The molecule has 0 aromatic heterocycles.